The maximum absolute atomic E-state index is 12.7. The van der Waals surface area contributed by atoms with Crippen molar-refractivity contribution in [3.8, 4) is 11.5 Å². The van der Waals surface area contributed by atoms with Crippen LogP contribution in [0, 0.1) is 23.7 Å². The molecule has 4 atom stereocenters. The van der Waals surface area contributed by atoms with E-state index in [1.165, 1.54) is 6.21 Å². The number of rotatable bonds is 5. The fourth-order valence-corrected chi connectivity index (χ4v) is 4.28. The lowest BCUT2D eigenvalue weighted by atomic mass is 9.85. The maximum atomic E-state index is 12.7. The molecule has 6 nitrogen and oxygen atoms in total. The van der Waals surface area contributed by atoms with Gasteiger partial charge in [-0.3, -0.25) is 9.59 Å². The first-order valence-corrected chi connectivity index (χ1v) is 8.95. The highest BCUT2D eigenvalue weighted by Gasteiger charge is 2.59. The molecule has 3 aliphatic rings. The van der Waals surface area contributed by atoms with Gasteiger partial charge in [0.05, 0.1) is 31.3 Å². The highest BCUT2D eigenvalue weighted by atomic mass is 16.5. The predicted octanol–water partition coefficient (Wildman–Crippen LogP) is 2.62. The molecule has 0 radical (unpaired) electrons. The number of carbonyl (C=O) groups excluding carboxylic acids is 2. The van der Waals surface area contributed by atoms with Gasteiger partial charge in [-0.2, -0.15) is 10.1 Å². The first-order valence-electron chi connectivity index (χ1n) is 8.95. The Labute approximate surface area is 152 Å². The van der Waals surface area contributed by atoms with E-state index in [0.29, 0.717) is 17.1 Å². The zero-order chi connectivity index (χ0) is 18.4. The van der Waals surface area contributed by atoms with E-state index in [-0.39, 0.29) is 41.6 Å². The van der Waals surface area contributed by atoms with Gasteiger partial charge in [0, 0.05) is 5.56 Å². The van der Waals surface area contributed by atoms with Crippen molar-refractivity contribution < 1.29 is 19.1 Å². The monoisotopic (exact) mass is 354 g/mol. The van der Waals surface area contributed by atoms with Crippen LogP contribution in [-0.4, -0.2) is 36.3 Å². The van der Waals surface area contributed by atoms with E-state index in [9.17, 15) is 9.59 Å². The average molecular weight is 354 g/mol. The number of methoxy groups -OCH3 is 1. The van der Waals surface area contributed by atoms with Crippen LogP contribution in [-0.2, 0) is 9.59 Å². The molecule has 4 rings (SSSR count). The summed E-state index contributed by atoms with van der Waals surface area (Å²) < 4.78 is 11.2. The Bertz CT molecular complexity index is 784. The van der Waals surface area contributed by atoms with Gasteiger partial charge in [-0.05, 0) is 44.2 Å². The van der Waals surface area contributed by atoms with Gasteiger partial charge in [0.15, 0.2) is 11.5 Å². The van der Waals surface area contributed by atoms with E-state index in [0.717, 1.165) is 11.4 Å². The van der Waals surface area contributed by atoms with Crippen LogP contribution in [0.15, 0.2) is 35.5 Å². The number of hydrogen-bond donors (Lipinski definition) is 0. The summed E-state index contributed by atoms with van der Waals surface area (Å²) in [6.07, 6.45) is 6.51. The number of allylic oxidation sites excluding steroid dienone is 2. The van der Waals surface area contributed by atoms with Crippen molar-refractivity contribution in [2.75, 3.05) is 7.11 Å². The third-order valence-corrected chi connectivity index (χ3v) is 5.34. The van der Waals surface area contributed by atoms with E-state index in [4.69, 9.17) is 9.47 Å². The second-order valence-electron chi connectivity index (χ2n) is 7.28. The van der Waals surface area contributed by atoms with Crippen molar-refractivity contribution in [1.29, 1.82) is 0 Å². The van der Waals surface area contributed by atoms with Gasteiger partial charge in [0.2, 0.25) is 0 Å². The zero-order valence-corrected chi connectivity index (χ0v) is 15.1. The van der Waals surface area contributed by atoms with Crippen LogP contribution in [0.4, 0.5) is 0 Å². The number of para-hydroxylation sites is 1. The first kappa shape index (κ1) is 16.8. The third-order valence-electron chi connectivity index (χ3n) is 5.34. The number of hydrogen-bond acceptors (Lipinski definition) is 5. The Morgan fingerprint density at radius 3 is 2.38 bits per heavy atom. The van der Waals surface area contributed by atoms with Gasteiger partial charge in [-0.15, -0.1) is 0 Å². The molecule has 1 saturated carbocycles. The lowest BCUT2D eigenvalue weighted by Crippen LogP contribution is -2.28. The molecule has 0 N–H and O–H groups in total. The molecule has 26 heavy (non-hydrogen) atoms. The molecule has 2 aliphatic carbocycles. The second-order valence-corrected chi connectivity index (χ2v) is 7.28. The summed E-state index contributed by atoms with van der Waals surface area (Å²) in [6, 6.07) is 5.44. The number of ether oxygens (including phenoxy) is 2. The minimum Gasteiger partial charge on any atom is -0.493 e. The van der Waals surface area contributed by atoms with Gasteiger partial charge >= 0.3 is 0 Å². The third kappa shape index (κ3) is 2.52. The van der Waals surface area contributed by atoms with Crippen molar-refractivity contribution in [1.82, 2.24) is 5.01 Å². The Balaban J connectivity index is 1.61. The Morgan fingerprint density at radius 1 is 1.15 bits per heavy atom. The van der Waals surface area contributed by atoms with E-state index >= 15 is 0 Å². The Kier molecular flexibility index (Phi) is 4.05. The number of carbonyl (C=O) groups is 2. The summed E-state index contributed by atoms with van der Waals surface area (Å²) in [5, 5.41) is 5.27. The van der Waals surface area contributed by atoms with Gasteiger partial charge in [0.1, 0.15) is 0 Å². The molecule has 0 unspecified atom stereocenters. The highest BCUT2D eigenvalue weighted by molar-refractivity contribution is 6.07. The molecule has 1 aromatic carbocycles. The van der Waals surface area contributed by atoms with Crippen molar-refractivity contribution >= 4 is 18.0 Å². The molecular formula is C20H22N2O4. The van der Waals surface area contributed by atoms with Crippen LogP contribution in [0.25, 0.3) is 0 Å². The van der Waals surface area contributed by atoms with E-state index < -0.39 is 0 Å². The molecule has 136 valence electrons. The molecule has 6 heteroatoms. The van der Waals surface area contributed by atoms with E-state index in [1.54, 1.807) is 13.2 Å². The summed E-state index contributed by atoms with van der Waals surface area (Å²) in [5.74, 6) is 0.620. The van der Waals surface area contributed by atoms with E-state index in [1.807, 2.05) is 26.0 Å². The summed E-state index contributed by atoms with van der Waals surface area (Å²) in [5.41, 5.74) is 0.664. The molecule has 0 aromatic heterocycles. The van der Waals surface area contributed by atoms with Crippen LogP contribution in [0.2, 0.25) is 0 Å². The van der Waals surface area contributed by atoms with Gasteiger partial charge in [-0.25, -0.2) is 0 Å². The van der Waals surface area contributed by atoms with Crippen LogP contribution in [0.1, 0.15) is 25.8 Å². The average Bonchev–Trinajstić information content (AvgIpc) is 3.28. The number of fused-ring (bicyclic) bond motifs is 5. The lowest BCUT2D eigenvalue weighted by Gasteiger charge is -2.16. The Morgan fingerprint density at radius 2 is 1.81 bits per heavy atom. The highest BCUT2D eigenvalue weighted by Crippen LogP contribution is 2.52. The maximum Gasteiger partial charge on any atom is 0.254 e. The molecule has 1 aromatic rings. The van der Waals surface area contributed by atoms with Gasteiger partial charge in [0.25, 0.3) is 11.8 Å². The van der Waals surface area contributed by atoms with Gasteiger partial charge < -0.3 is 9.47 Å². The van der Waals surface area contributed by atoms with Crippen LogP contribution in [0.3, 0.4) is 0 Å². The van der Waals surface area contributed by atoms with Crippen molar-refractivity contribution in [3.05, 3.63) is 35.9 Å². The van der Waals surface area contributed by atoms with Crippen LogP contribution < -0.4 is 9.47 Å². The molecule has 2 amide bonds. The normalized spacial score (nSPS) is 29.3. The summed E-state index contributed by atoms with van der Waals surface area (Å²) >= 11 is 0. The fraction of sp³-hybridized carbons (Fsp3) is 0.450. The molecule has 1 heterocycles. The number of hydrazone groups is 1. The molecule has 1 saturated heterocycles. The largest absolute Gasteiger partial charge is 0.493 e. The van der Waals surface area contributed by atoms with Crippen LogP contribution >= 0.6 is 0 Å². The summed E-state index contributed by atoms with van der Waals surface area (Å²) in [7, 11) is 1.57. The first-order chi connectivity index (χ1) is 12.5. The summed E-state index contributed by atoms with van der Waals surface area (Å²) in [6.45, 7) is 3.84. The van der Waals surface area contributed by atoms with Crippen LogP contribution in [0.5, 0.6) is 11.5 Å². The van der Waals surface area contributed by atoms with Gasteiger partial charge in [-0.1, -0.05) is 18.2 Å². The zero-order valence-electron chi connectivity index (χ0n) is 15.1. The Hall–Kier alpha value is -2.63. The summed E-state index contributed by atoms with van der Waals surface area (Å²) in [4.78, 5) is 25.4. The number of imide groups is 1. The minimum atomic E-state index is -0.244. The number of benzene rings is 1. The minimum absolute atomic E-state index is 0.0467. The topological polar surface area (TPSA) is 68.2 Å². The lowest BCUT2D eigenvalue weighted by molar-refractivity contribution is -0.140. The number of amides is 2. The number of nitrogens with zero attached hydrogens (tertiary/aromatic N) is 2. The van der Waals surface area contributed by atoms with Crippen molar-refractivity contribution in [2.24, 2.45) is 28.8 Å². The second kappa shape index (κ2) is 6.27. The smallest absolute Gasteiger partial charge is 0.254 e. The fourth-order valence-electron chi connectivity index (χ4n) is 4.28. The standard InChI is InChI=1S/C20H22N2O4/c1-11(2)26-18-14(5-4-6-15(18)25-3)10-21-22-19(23)16-12-7-8-13(9-12)17(16)20(22)24/h4-8,10-13,16-17H,9H2,1-3H3/t12-,13-,16-,17+/m0/s1. The van der Waals surface area contributed by atoms with Crippen molar-refractivity contribution in [3.63, 3.8) is 0 Å². The SMILES string of the molecule is COc1cccc(C=NN2C(=O)[C@@H]3[C@H](C2=O)[C@H]2C=C[C@H]3C2)c1OC(C)C. The molecule has 2 fully saturated rings. The molecule has 0 spiro atoms. The predicted molar refractivity (Wildman–Crippen MR) is 95.9 cm³/mol. The molecule has 2 bridgehead atoms. The van der Waals surface area contributed by atoms with Crippen molar-refractivity contribution in [2.45, 2.75) is 26.4 Å². The quantitative estimate of drug-likeness (QED) is 0.463. The van der Waals surface area contributed by atoms with E-state index in [2.05, 4.69) is 17.3 Å². The molecule has 1 aliphatic heterocycles. The molecular weight excluding hydrogens is 332 g/mol.